The van der Waals surface area contributed by atoms with Crippen molar-refractivity contribution in [2.75, 3.05) is 40.5 Å². The Labute approximate surface area is 194 Å². The summed E-state index contributed by atoms with van der Waals surface area (Å²) in [6, 6.07) is 14.6. The molecule has 2 aromatic carbocycles. The monoisotopic (exact) mass is 448 g/mol. The third kappa shape index (κ3) is 4.83. The minimum Gasteiger partial charge on any atom is -0.497 e. The van der Waals surface area contributed by atoms with Crippen molar-refractivity contribution in [1.29, 1.82) is 0 Å². The SMILES string of the molecule is COc1ccc(Cn2c(=O)c(CN(C)CC3COCCO3)cc3cc4c(cc32)CCC4)cc1. The first-order chi connectivity index (χ1) is 16.1. The van der Waals surface area contributed by atoms with Gasteiger partial charge in [0.2, 0.25) is 0 Å². The van der Waals surface area contributed by atoms with Crippen LogP contribution in [0.3, 0.4) is 0 Å². The highest BCUT2D eigenvalue weighted by Gasteiger charge is 2.20. The summed E-state index contributed by atoms with van der Waals surface area (Å²) in [5.41, 5.74) is 5.79. The molecule has 1 atom stereocenters. The van der Waals surface area contributed by atoms with Gasteiger partial charge in [0.15, 0.2) is 0 Å². The average Bonchev–Trinajstić information content (AvgIpc) is 3.29. The number of benzene rings is 2. The molecule has 1 fully saturated rings. The van der Waals surface area contributed by atoms with E-state index < -0.39 is 0 Å². The van der Waals surface area contributed by atoms with E-state index in [-0.39, 0.29) is 11.7 Å². The summed E-state index contributed by atoms with van der Waals surface area (Å²) in [6.45, 7) is 3.75. The van der Waals surface area contributed by atoms with E-state index in [2.05, 4.69) is 23.1 Å². The number of pyridine rings is 1. The standard InChI is InChI=1S/C27H32N2O4/c1-28(17-25-18-32-10-11-33-25)16-23-13-22-12-20-4-3-5-21(20)14-26(22)29(27(23)30)15-19-6-8-24(31-2)9-7-19/h6-9,12-14,25H,3-5,10-11,15-18H2,1-2H3. The van der Waals surface area contributed by atoms with Crippen molar-refractivity contribution in [3.05, 3.63) is 75.1 Å². The molecule has 1 aliphatic heterocycles. The van der Waals surface area contributed by atoms with Gasteiger partial charge in [0.25, 0.3) is 5.56 Å². The van der Waals surface area contributed by atoms with E-state index >= 15 is 0 Å². The second-order valence-electron chi connectivity index (χ2n) is 9.21. The molecule has 1 aliphatic carbocycles. The molecule has 174 valence electrons. The highest BCUT2D eigenvalue weighted by Crippen LogP contribution is 2.28. The zero-order valence-electron chi connectivity index (χ0n) is 19.5. The predicted molar refractivity (Wildman–Crippen MR) is 129 cm³/mol. The van der Waals surface area contributed by atoms with Gasteiger partial charge in [-0.2, -0.15) is 0 Å². The quantitative estimate of drug-likeness (QED) is 0.555. The molecular weight excluding hydrogens is 416 g/mol. The van der Waals surface area contributed by atoms with Crippen LogP contribution in [-0.4, -0.2) is 56.1 Å². The highest BCUT2D eigenvalue weighted by molar-refractivity contribution is 5.82. The molecule has 1 saturated heterocycles. The summed E-state index contributed by atoms with van der Waals surface area (Å²) in [5.74, 6) is 0.818. The van der Waals surface area contributed by atoms with Gasteiger partial charge in [-0.1, -0.05) is 12.1 Å². The molecule has 1 unspecified atom stereocenters. The van der Waals surface area contributed by atoms with Crippen molar-refractivity contribution in [2.24, 2.45) is 0 Å². The highest BCUT2D eigenvalue weighted by atomic mass is 16.6. The van der Waals surface area contributed by atoms with Crippen LogP contribution in [0.25, 0.3) is 10.9 Å². The number of rotatable bonds is 7. The second-order valence-corrected chi connectivity index (χ2v) is 9.21. The van der Waals surface area contributed by atoms with Crippen LogP contribution < -0.4 is 10.3 Å². The summed E-state index contributed by atoms with van der Waals surface area (Å²) >= 11 is 0. The summed E-state index contributed by atoms with van der Waals surface area (Å²) in [5, 5.41) is 1.14. The number of nitrogens with zero attached hydrogens (tertiary/aromatic N) is 2. The number of fused-ring (bicyclic) bond motifs is 2. The molecule has 0 spiro atoms. The van der Waals surface area contributed by atoms with Crippen molar-refractivity contribution in [3.8, 4) is 5.75 Å². The van der Waals surface area contributed by atoms with Gasteiger partial charge in [0, 0.05) is 18.7 Å². The Morgan fingerprint density at radius 2 is 1.88 bits per heavy atom. The van der Waals surface area contributed by atoms with E-state index in [0.717, 1.165) is 47.2 Å². The first-order valence-corrected chi connectivity index (χ1v) is 11.8. The summed E-state index contributed by atoms with van der Waals surface area (Å²) in [6.07, 6.45) is 3.45. The Kier molecular flexibility index (Phi) is 6.49. The molecule has 0 N–H and O–H groups in total. The molecule has 5 rings (SSSR count). The maximum Gasteiger partial charge on any atom is 0.255 e. The number of aromatic nitrogens is 1. The number of ether oxygens (including phenoxy) is 3. The lowest BCUT2D eigenvalue weighted by Crippen LogP contribution is -2.39. The maximum atomic E-state index is 13.7. The molecule has 0 amide bonds. The van der Waals surface area contributed by atoms with E-state index in [1.807, 2.05) is 35.9 Å². The van der Waals surface area contributed by atoms with E-state index in [0.29, 0.717) is 32.9 Å². The summed E-state index contributed by atoms with van der Waals surface area (Å²) in [7, 11) is 3.70. The first-order valence-electron chi connectivity index (χ1n) is 11.8. The van der Waals surface area contributed by atoms with Gasteiger partial charge in [0.05, 0.1) is 45.1 Å². The summed E-state index contributed by atoms with van der Waals surface area (Å²) < 4.78 is 18.6. The Balaban J connectivity index is 1.50. The third-order valence-corrected chi connectivity index (χ3v) is 6.72. The number of hydrogen-bond acceptors (Lipinski definition) is 5. The average molecular weight is 449 g/mol. The van der Waals surface area contributed by atoms with Gasteiger partial charge in [-0.25, -0.2) is 0 Å². The molecule has 0 saturated carbocycles. The molecular formula is C27H32N2O4. The molecule has 6 heteroatoms. The predicted octanol–water partition coefficient (Wildman–Crippen LogP) is 3.39. The Morgan fingerprint density at radius 1 is 1.09 bits per heavy atom. The van der Waals surface area contributed by atoms with Crippen LogP contribution in [0.5, 0.6) is 5.75 Å². The number of methoxy groups -OCH3 is 1. The summed E-state index contributed by atoms with van der Waals surface area (Å²) in [4.78, 5) is 15.9. The van der Waals surface area contributed by atoms with Crippen molar-refractivity contribution in [1.82, 2.24) is 9.47 Å². The lowest BCUT2D eigenvalue weighted by atomic mass is 10.0. The van der Waals surface area contributed by atoms with Gasteiger partial charge in [0.1, 0.15) is 5.75 Å². The van der Waals surface area contributed by atoms with E-state index in [4.69, 9.17) is 14.2 Å². The fraction of sp³-hybridized carbons (Fsp3) is 0.444. The van der Waals surface area contributed by atoms with Crippen LogP contribution >= 0.6 is 0 Å². The van der Waals surface area contributed by atoms with E-state index in [1.165, 1.54) is 17.5 Å². The second kappa shape index (κ2) is 9.67. The normalized spacial score (nSPS) is 18.1. The van der Waals surface area contributed by atoms with Crippen molar-refractivity contribution in [3.63, 3.8) is 0 Å². The molecule has 1 aromatic heterocycles. The molecule has 6 nitrogen and oxygen atoms in total. The van der Waals surface area contributed by atoms with E-state index in [1.54, 1.807) is 7.11 Å². The third-order valence-electron chi connectivity index (χ3n) is 6.72. The Hall–Kier alpha value is -2.67. The van der Waals surface area contributed by atoms with Gasteiger partial charge in [-0.15, -0.1) is 0 Å². The number of likely N-dealkylation sites (N-methyl/N-ethyl adjacent to an activating group) is 1. The Bertz CT molecular complexity index is 1180. The molecule has 0 radical (unpaired) electrons. The van der Waals surface area contributed by atoms with Crippen LogP contribution in [0.15, 0.2) is 47.3 Å². The fourth-order valence-corrected chi connectivity index (χ4v) is 5.04. The lowest BCUT2D eigenvalue weighted by molar-refractivity contribution is -0.0963. The number of aryl methyl sites for hydroxylation is 2. The van der Waals surface area contributed by atoms with Gasteiger partial charge in [-0.3, -0.25) is 9.69 Å². The molecule has 3 aromatic rings. The van der Waals surface area contributed by atoms with Crippen molar-refractivity contribution in [2.45, 2.75) is 38.5 Å². The molecule has 33 heavy (non-hydrogen) atoms. The smallest absolute Gasteiger partial charge is 0.255 e. The van der Waals surface area contributed by atoms with Gasteiger partial charge >= 0.3 is 0 Å². The van der Waals surface area contributed by atoms with Crippen LogP contribution in [0.4, 0.5) is 0 Å². The van der Waals surface area contributed by atoms with Crippen molar-refractivity contribution < 1.29 is 14.2 Å². The van der Waals surface area contributed by atoms with E-state index in [9.17, 15) is 4.79 Å². The fourth-order valence-electron chi connectivity index (χ4n) is 5.04. The molecule has 2 heterocycles. The van der Waals surface area contributed by atoms with Crippen LogP contribution in [-0.2, 0) is 35.4 Å². The van der Waals surface area contributed by atoms with Gasteiger partial charge in [-0.05, 0) is 78.7 Å². The van der Waals surface area contributed by atoms with Crippen LogP contribution in [0.1, 0.15) is 28.7 Å². The minimum absolute atomic E-state index is 0.0500. The zero-order chi connectivity index (χ0) is 22.8. The Morgan fingerprint density at radius 3 is 2.61 bits per heavy atom. The topological polar surface area (TPSA) is 52.9 Å². The lowest BCUT2D eigenvalue weighted by Gasteiger charge is -2.27. The van der Waals surface area contributed by atoms with Crippen LogP contribution in [0.2, 0.25) is 0 Å². The molecule has 0 bridgehead atoms. The zero-order valence-corrected chi connectivity index (χ0v) is 19.5. The number of hydrogen-bond donors (Lipinski definition) is 0. The first kappa shape index (κ1) is 22.1. The maximum absolute atomic E-state index is 13.7. The minimum atomic E-state index is 0.0500. The largest absolute Gasteiger partial charge is 0.497 e. The van der Waals surface area contributed by atoms with Crippen molar-refractivity contribution >= 4 is 10.9 Å². The van der Waals surface area contributed by atoms with Crippen LogP contribution in [0, 0.1) is 0 Å². The van der Waals surface area contributed by atoms with Gasteiger partial charge < -0.3 is 18.8 Å². The molecule has 2 aliphatic rings.